The van der Waals surface area contributed by atoms with E-state index in [9.17, 15) is 14.7 Å². The summed E-state index contributed by atoms with van der Waals surface area (Å²) in [5, 5.41) is 10.3. The van der Waals surface area contributed by atoms with Crippen molar-refractivity contribution in [2.45, 2.75) is 39.0 Å². The van der Waals surface area contributed by atoms with Crippen molar-refractivity contribution in [3.8, 4) is 5.75 Å². The molecule has 6 heteroatoms. The number of ether oxygens (including phenoxy) is 1. The van der Waals surface area contributed by atoms with Gasteiger partial charge < -0.3 is 19.6 Å². The molecule has 1 aromatic carbocycles. The largest absolute Gasteiger partial charge is 0.507 e. The minimum absolute atomic E-state index is 0.0334. The van der Waals surface area contributed by atoms with Gasteiger partial charge in [0.05, 0.1) is 5.56 Å². The van der Waals surface area contributed by atoms with Crippen LogP contribution in [0.2, 0.25) is 0 Å². The zero-order valence-corrected chi connectivity index (χ0v) is 16.4. The molecule has 2 fully saturated rings. The number of phenols is 1. The van der Waals surface area contributed by atoms with Gasteiger partial charge in [0.2, 0.25) is 5.91 Å². The molecule has 27 heavy (non-hydrogen) atoms. The first-order valence-electron chi connectivity index (χ1n) is 9.80. The molecule has 2 saturated heterocycles. The van der Waals surface area contributed by atoms with Gasteiger partial charge in [-0.15, -0.1) is 0 Å². The molecule has 2 aliphatic rings. The summed E-state index contributed by atoms with van der Waals surface area (Å²) in [6.45, 7) is 5.21. The second kappa shape index (κ2) is 8.30. The van der Waals surface area contributed by atoms with Crippen LogP contribution in [0, 0.1) is 12.3 Å². The Morgan fingerprint density at radius 3 is 2.89 bits per heavy atom. The van der Waals surface area contributed by atoms with E-state index in [0.29, 0.717) is 50.3 Å². The number of carbonyl (C=O) groups excluding carboxylic acids is 2. The Bertz CT molecular complexity index is 705. The van der Waals surface area contributed by atoms with Crippen LogP contribution in [0.15, 0.2) is 18.2 Å². The fourth-order valence-corrected chi connectivity index (χ4v) is 4.42. The Morgan fingerprint density at radius 2 is 2.11 bits per heavy atom. The van der Waals surface area contributed by atoms with Crippen LogP contribution in [0.3, 0.4) is 0 Å². The van der Waals surface area contributed by atoms with Crippen molar-refractivity contribution in [3.05, 3.63) is 29.3 Å². The first kappa shape index (κ1) is 19.7. The minimum atomic E-state index is -0.113. The fourth-order valence-electron chi connectivity index (χ4n) is 4.42. The number of aromatic hydroxyl groups is 1. The zero-order valence-electron chi connectivity index (χ0n) is 16.4. The van der Waals surface area contributed by atoms with Crippen molar-refractivity contribution < 1.29 is 19.4 Å². The van der Waals surface area contributed by atoms with E-state index in [0.717, 1.165) is 25.7 Å². The summed E-state index contributed by atoms with van der Waals surface area (Å²) < 4.78 is 5.11. The minimum Gasteiger partial charge on any atom is -0.507 e. The number of methoxy groups -OCH3 is 1. The van der Waals surface area contributed by atoms with Gasteiger partial charge in [-0.05, 0) is 44.2 Å². The second-order valence-corrected chi connectivity index (χ2v) is 7.96. The Labute approximate surface area is 161 Å². The molecule has 2 amide bonds. The van der Waals surface area contributed by atoms with Crippen LogP contribution in [-0.4, -0.2) is 66.6 Å². The molecule has 2 aliphatic heterocycles. The van der Waals surface area contributed by atoms with Gasteiger partial charge in [0.1, 0.15) is 5.75 Å². The fraction of sp³-hybridized carbons (Fsp3) is 0.619. The second-order valence-electron chi connectivity index (χ2n) is 7.96. The molecule has 1 aromatic rings. The maximum absolute atomic E-state index is 13.0. The van der Waals surface area contributed by atoms with Crippen molar-refractivity contribution in [1.29, 1.82) is 0 Å². The SMILES string of the molecule is COCCCN1C[C@]2(CCCN(C(=O)c3cccc(C)c3O)C2)CCC1=O. The summed E-state index contributed by atoms with van der Waals surface area (Å²) in [6, 6.07) is 5.29. The predicted molar refractivity (Wildman–Crippen MR) is 103 cm³/mol. The van der Waals surface area contributed by atoms with Crippen LogP contribution in [-0.2, 0) is 9.53 Å². The van der Waals surface area contributed by atoms with E-state index >= 15 is 0 Å². The number of carbonyl (C=O) groups is 2. The lowest BCUT2D eigenvalue weighted by atomic mass is 9.73. The lowest BCUT2D eigenvalue weighted by Crippen LogP contribution is -2.55. The summed E-state index contributed by atoms with van der Waals surface area (Å²) in [6.07, 6.45) is 4.17. The van der Waals surface area contributed by atoms with Crippen molar-refractivity contribution in [1.82, 2.24) is 9.80 Å². The van der Waals surface area contributed by atoms with Gasteiger partial charge in [-0.25, -0.2) is 0 Å². The summed E-state index contributed by atoms with van der Waals surface area (Å²) >= 11 is 0. The Hall–Kier alpha value is -2.08. The van der Waals surface area contributed by atoms with E-state index in [4.69, 9.17) is 4.74 Å². The van der Waals surface area contributed by atoms with Crippen molar-refractivity contribution in [2.75, 3.05) is 39.9 Å². The molecule has 0 radical (unpaired) electrons. The molecule has 0 saturated carbocycles. The topological polar surface area (TPSA) is 70.1 Å². The van der Waals surface area contributed by atoms with E-state index < -0.39 is 0 Å². The van der Waals surface area contributed by atoms with Crippen LogP contribution in [0.4, 0.5) is 0 Å². The van der Waals surface area contributed by atoms with Crippen molar-refractivity contribution in [2.24, 2.45) is 5.41 Å². The maximum atomic E-state index is 13.0. The molecular weight excluding hydrogens is 344 g/mol. The number of amides is 2. The molecule has 1 spiro atoms. The van der Waals surface area contributed by atoms with Crippen LogP contribution in [0.25, 0.3) is 0 Å². The molecule has 1 N–H and O–H groups in total. The maximum Gasteiger partial charge on any atom is 0.257 e. The van der Waals surface area contributed by atoms with Crippen LogP contribution < -0.4 is 0 Å². The number of likely N-dealkylation sites (tertiary alicyclic amines) is 2. The molecule has 3 rings (SSSR count). The van der Waals surface area contributed by atoms with Gasteiger partial charge in [0.15, 0.2) is 0 Å². The lowest BCUT2D eigenvalue weighted by Gasteiger charge is -2.48. The van der Waals surface area contributed by atoms with Gasteiger partial charge in [-0.3, -0.25) is 9.59 Å². The van der Waals surface area contributed by atoms with Gasteiger partial charge >= 0.3 is 0 Å². The average molecular weight is 374 g/mol. The van der Waals surface area contributed by atoms with Crippen LogP contribution >= 0.6 is 0 Å². The molecular formula is C21H30N2O4. The molecule has 2 heterocycles. The van der Waals surface area contributed by atoms with E-state index in [1.54, 1.807) is 32.2 Å². The highest BCUT2D eigenvalue weighted by Crippen LogP contribution is 2.39. The highest BCUT2D eigenvalue weighted by atomic mass is 16.5. The van der Waals surface area contributed by atoms with Gasteiger partial charge in [-0.2, -0.15) is 0 Å². The zero-order chi connectivity index (χ0) is 19.4. The normalized spacial score (nSPS) is 23.1. The molecule has 1 atom stereocenters. The summed E-state index contributed by atoms with van der Waals surface area (Å²) in [4.78, 5) is 29.1. The van der Waals surface area contributed by atoms with E-state index in [2.05, 4.69) is 0 Å². The molecule has 0 unspecified atom stereocenters. The van der Waals surface area contributed by atoms with E-state index in [-0.39, 0.29) is 23.0 Å². The number of benzene rings is 1. The number of aryl methyl sites for hydroxylation is 1. The number of hydrogen-bond donors (Lipinski definition) is 1. The third-order valence-corrected chi connectivity index (χ3v) is 5.94. The lowest BCUT2D eigenvalue weighted by molar-refractivity contribution is -0.139. The molecule has 0 bridgehead atoms. The molecule has 0 aliphatic carbocycles. The Kier molecular flexibility index (Phi) is 6.05. The summed E-state index contributed by atoms with van der Waals surface area (Å²) in [5.74, 6) is 0.164. The van der Waals surface area contributed by atoms with Crippen molar-refractivity contribution >= 4 is 11.8 Å². The van der Waals surface area contributed by atoms with E-state index in [1.165, 1.54) is 0 Å². The Morgan fingerprint density at radius 1 is 1.30 bits per heavy atom. The standard InChI is InChI=1S/C21H30N2O4/c1-16-6-3-7-17(19(16)25)20(26)23-11-4-9-21(15-23)10-8-18(24)22(14-21)12-5-13-27-2/h3,6-7,25H,4-5,8-15H2,1-2H3/t21-/m0/s1. The van der Waals surface area contributed by atoms with Gasteiger partial charge in [0.25, 0.3) is 5.91 Å². The van der Waals surface area contributed by atoms with Gasteiger partial charge in [0, 0.05) is 51.7 Å². The third kappa shape index (κ3) is 4.26. The first-order valence-corrected chi connectivity index (χ1v) is 9.80. The van der Waals surface area contributed by atoms with Gasteiger partial charge in [-0.1, -0.05) is 12.1 Å². The van der Waals surface area contributed by atoms with Crippen molar-refractivity contribution in [3.63, 3.8) is 0 Å². The monoisotopic (exact) mass is 374 g/mol. The summed E-state index contributed by atoms with van der Waals surface area (Å²) in [5.41, 5.74) is 1.05. The number of nitrogens with zero attached hydrogens (tertiary/aromatic N) is 2. The van der Waals surface area contributed by atoms with E-state index in [1.807, 2.05) is 9.80 Å². The number of rotatable bonds is 5. The molecule has 6 nitrogen and oxygen atoms in total. The number of phenolic OH excluding ortho intramolecular Hbond substituents is 1. The van der Waals surface area contributed by atoms with Crippen LogP contribution in [0.1, 0.15) is 48.0 Å². The summed E-state index contributed by atoms with van der Waals surface area (Å²) in [7, 11) is 1.67. The first-order chi connectivity index (χ1) is 13.0. The number of piperidine rings is 2. The highest BCUT2D eigenvalue weighted by Gasteiger charge is 2.42. The average Bonchev–Trinajstić information content (AvgIpc) is 2.67. The molecule has 148 valence electrons. The number of para-hydroxylation sites is 1. The molecule has 0 aromatic heterocycles. The highest BCUT2D eigenvalue weighted by molar-refractivity contribution is 5.97. The van der Waals surface area contributed by atoms with Crippen LogP contribution in [0.5, 0.6) is 5.75 Å². The third-order valence-electron chi connectivity index (χ3n) is 5.94. The smallest absolute Gasteiger partial charge is 0.257 e. The Balaban J connectivity index is 1.72. The quantitative estimate of drug-likeness (QED) is 0.804. The predicted octanol–water partition coefficient (Wildman–Crippen LogP) is 2.58. The number of hydrogen-bond acceptors (Lipinski definition) is 4.